The number of hydrogen-bond donors (Lipinski definition) is 2. The van der Waals surface area contributed by atoms with Gasteiger partial charge in [-0.15, -0.1) is 0 Å². The molecule has 24 heavy (non-hydrogen) atoms. The van der Waals surface area contributed by atoms with Crippen LogP contribution in [0.3, 0.4) is 0 Å². The van der Waals surface area contributed by atoms with Crippen molar-refractivity contribution < 1.29 is 14.3 Å². The molecule has 2 aromatic carbocycles. The van der Waals surface area contributed by atoms with Crippen LogP contribution >= 0.6 is 23.2 Å². The van der Waals surface area contributed by atoms with E-state index in [9.17, 15) is 9.59 Å². The largest absolute Gasteiger partial charge is 0.383 e. The lowest BCUT2D eigenvalue weighted by molar-refractivity contribution is 0.0938. The van der Waals surface area contributed by atoms with Crippen LogP contribution in [-0.4, -0.2) is 32.1 Å². The number of halogens is 2. The van der Waals surface area contributed by atoms with Crippen molar-refractivity contribution in [1.82, 2.24) is 5.32 Å². The molecule has 0 saturated heterocycles. The van der Waals surface area contributed by atoms with Gasteiger partial charge in [-0.05, 0) is 30.3 Å². The molecule has 126 valence electrons. The summed E-state index contributed by atoms with van der Waals surface area (Å²) in [5, 5.41) is 6.09. The molecule has 2 aromatic rings. The molecule has 0 atom stereocenters. The maximum absolute atomic E-state index is 12.4. The number of rotatable bonds is 6. The van der Waals surface area contributed by atoms with E-state index in [1.54, 1.807) is 37.4 Å². The minimum atomic E-state index is -0.422. The maximum Gasteiger partial charge on any atom is 0.257 e. The monoisotopic (exact) mass is 366 g/mol. The fourth-order valence-corrected chi connectivity index (χ4v) is 2.51. The van der Waals surface area contributed by atoms with Crippen LogP contribution in [0.5, 0.6) is 0 Å². The van der Waals surface area contributed by atoms with Crippen molar-refractivity contribution in [2.45, 2.75) is 0 Å². The maximum atomic E-state index is 12.4. The molecule has 2 rings (SSSR count). The van der Waals surface area contributed by atoms with Crippen molar-refractivity contribution in [2.24, 2.45) is 0 Å². The standard InChI is InChI=1S/C17H16Cl2N2O3/c1-24-9-8-20-16(22)13-4-2-3-5-15(13)21-17(23)12-7-6-11(18)10-14(12)19/h2-7,10H,8-9H2,1H3,(H,20,22)(H,21,23). The Balaban J connectivity index is 2.17. The fourth-order valence-electron chi connectivity index (χ4n) is 2.02. The second-order valence-electron chi connectivity index (χ2n) is 4.87. The smallest absolute Gasteiger partial charge is 0.257 e. The van der Waals surface area contributed by atoms with Crippen LogP contribution < -0.4 is 10.6 Å². The number of para-hydroxylation sites is 1. The first kappa shape index (κ1) is 18.3. The highest BCUT2D eigenvalue weighted by molar-refractivity contribution is 6.37. The van der Waals surface area contributed by atoms with Crippen LogP contribution in [0.25, 0.3) is 0 Å². The summed E-state index contributed by atoms with van der Waals surface area (Å²) in [5.41, 5.74) is 1.02. The number of methoxy groups -OCH3 is 1. The van der Waals surface area contributed by atoms with Crippen LogP contribution in [0.4, 0.5) is 5.69 Å². The lowest BCUT2D eigenvalue weighted by atomic mass is 10.1. The highest BCUT2D eigenvalue weighted by Gasteiger charge is 2.15. The van der Waals surface area contributed by atoms with Gasteiger partial charge in [0.25, 0.3) is 11.8 Å². The average Bonchev–Trinajstić information content (AvgIpc) is 2.55. The normalized spacial score (nSPS) is 10.3. The minimum absolute atomic E-state index is 0.238. The summed E-state index contributed by atoms with van der Waals surface area (Å²) in [5.74, 6) is -0.723. The zero-order chi connectivity index (χ0) is 17.5. The number of ether oxygens (including phenoxy) is 1. The number of carbonyl (C=O) groups excluding carboxylic acids is 2. The van der Waals surface area contributed by atoms with E-state index in [2.05, 4.69) is 10.6 Å². The molecule has 0 unspecified atom stereocenters. The molecule has 0 spiro atoms. The molecule has 7 heteroatoms. The second-order valence-corrected chi connectivity index (χ2v) is 5.72. The van der Waals surface area contributed by atoms with E-state index in [0.29, 0.717) is 29.4 Å². The molecule has 0 aliphatic carbocycles. The summed E-state index contributed by atoms with van der Waals surface area (Å²) in [6.45, 7) is 0.779. The predicted molar refractivity (Wildman–Crippen MR) is 95.1 cm³/mol. The van der Waals surface area contributed by atoms with E-state index in [0.717, 1.165) is 0 Å². The minimum Gasteiger partial charge on any atom is -0.383 e. The molecule has 0 bridgehead atoms. The van der Waals surface area contributed by atoms with Gasteiger partial charge in [-0.25, -0.2) is 0 Å². The van der Waals surface area contributed by atoms with Gasteiger partial charge in [0.15, 0.2) is 0 Å². The summed E-state index contributed by atoms with van der Waals surface area (Å²) in [4.78, 5) is 24.6. The molecule has 0 heterocycles. The zero-order valence-corrected chi connectivity index (χ0v) is 14.4. The number of nitrogens with one attached hydrogen (secondary N) is 2. The number of anilines is 1. The van der Waals surface area contributed by atoms with Gasteiger partial charge in [0.2, 0.25) is 0 Å². The first-order valence-electron chi connectivity index (χ1n) is 7.15. The van der Waals surface area contributed by atoms with Crippen molar-refractivity contribution in [1.29, 1.82) is 0 Å². The molecular weight excluding hydrogens is 351 g/mol. The number of carbonyl (C=O) groups is 2. The van der Waals surface area contributed by atoms with E-state index in [4.69, 9.17) is 27.9 Å². The fraction of sp³-hybridized carbons (Fsp3) is 0.176. The Morgan fingerprint density at radius 3 is 2.50 bits per heavy atom. The van der Waals surface area contributed by atoms with Crippen molar-refractivity contribution in [3.8, 4) is 0 Å². The summed E-state index contributed by atoms with van der Waals surface area (Å²) in [6.07, 6.45) is 0. The van der Waals surface area contributed by atoms with Gasteiger partial charge < -0.3 is 15.4 Å². The van der Waals surface area contributed by atoms with Crippen molar-refractivity contribution in [3.63, 3.8) is 0 Å². The third-order valence-electron chi connectivity index (χ3n) is 3.19. The SMILES string of the molecule is COCCNC(=O)c1ccccc1NC(=O)c1ccc(Cl)cc1Cl. The molecule has 5 nitrogen and oxygen atoms in total. The average molecular weight is 367 g/mol. The van der Waals surface area contributed by atoms with Gasteiger partial charge in [-0.3, -0.25) is 9.59 Å². The number of hydrogen-bond acceptors (Lipinski definition) is 3. The molecule has 0 aliphatic heterocycles. The Morgan fingerprint density at radius 1 is 1.04 bits per heavy atom. The highest BCUT2D eigenvalue weighted by atomic mass is 35.5. The second kappa shape index (κ2) is 8.68. The first-order valence-corrected chi connectivity index (χ1v) is 7.91. The molecule has 0 aromatic heterocycles. The Kier molecular flexibility index (Phi) is 6.61. The molecule has 2 N–H and O–H groups in total. The molecule has 0 fully saturated rings. The van der Waals surface area contributed by atoms with Crippen LogP contribution in [0.2, 0.25) is 10.0 Å². The molecule has 0 saturated carbocycles. The van der Waals surface area contributed by atoms with Crippen LogP contribution in [0.1, 0.15) is 20.7 Å². The topological polar surface area (TPSA) is 67.4 Å². The van der Waals surface area contributed by atoms with Gasteiger partial charge in [0.1, 0.15) is 0 Å². The van der Waals surface area contributed by atoms with Gasteiger partial charge >= 0.3 is 0 Å². The summed E-state index contributed by atoms with van der Waals surface area (Å²) < 4.78 is 4.89. The predicted octanol–water partition coefficient (Wildman–Crippen LogP) is 3.62. The van der Waals surface area contributed by atoms with E-state index in [1.807, 2.05) is 0 Å². The van der Waals surface area contributed by atoms with Crippen molar-refractivity contribution >= 4 is 40.7 Å². The van der Waals surface area contributed by atoms with Crippen molar-refractivity contribution in [2.75, 3.05) is 25.6 Å². The Hall–Kier alpha value is -2.08. The van der Waals surface area contributed by atoms with Gasteiger partial charge in [-0.2, -0.15) is 0 Å². The molecule has 2 amide bonds. The lowest BCUT2D eigenvalue weighted by Crippen LogP contribution is -2.28. The zero-order valence-electron chi connectivity index (χ0n) is 12.9. The van der Waals surface area contributed by atoms with Crippen molar-refractivity contribution in [3.05, 3.63) is 63.6 Å². The number of benzene rings is 2. The summed E-state index contributed by atoms with van der Waals surface area (Å²) >= 11 is 11.9. The van der Waals surface area contributed by atoms with E-state index in [-0.39, 0.29) is 16.5 Å². The van der Waals surface area contributed by atoms with Gasteiger partial charge in [-0.1, -0.05) is 35.3 Å². The molecule has 0 radical (unpaired) electrons. The lowest BCUT2D eigenvalue weighted by Gasteiger charge is -2.12. The molecule has 0 aliphatic rings. The van der Waals surface area contributed by atoms with Crippen LogP contribution in [-0.2, 0) is 4.74 Å². The van der Waals surface area contributed by atoms with Crippen LogP contribution in [0.15, 0.2) is 42.5 Å². The Bertz CT molecular complexity index is 750. The van der Waals surface area contributed by atoms with Crippen LogP contribution in [0, 0.1) is 0 Å². The van der Waals surface area contributed by atoms with E-state index >= 15 is 0 Å². The number of amides is 2. The Labute approximate surface area is 149 Å². The third-order valence-corrected chi connectivity index (χ3v) is 3.74. The van der Waals surface area contributed by atoms with E-state index < -0.39 is 5.91 Å². The van der Waals surface area contributed by atoms with Gasteiger partial charge in [0.05, 0.1) is 28.4 Å². The quantitative estimate of drug-likeness (QED) is 0.767. The first-order chi connectivity index (χ1) is 11.5. The summed E-state index contributed by atoms with van der Waals surface area (Å²) in [6, 6.07) is 11.3. The Morgan fingerprint density at radius 2 is 1.79 bits per heavy atom. The molecular formula is C17H16Cl2N2O3. The third kappa shape index (κ3) is 4.71. The summed E-state index contributed by atoms with van der Waals surface area (Å²) in [7, 11) is 1.55. The highest BCUT2D eigenvalue weighted by Crippen LogP contribution is 2.23. The van der Waals surface area contributed by atoms with Gasteiger partial charge in [0, 0.05) is 18.7 Å². The van der Waals surface area contributed by atoms with E-state index in [1.165, 1.54) is 12.1 Å².